The van der Waals surface area contributed by atoms with Gasteiger partial charge in [0.05, 0.1) is 0 Å². The molecule has 1 radical (unpaired) electrons. The molecule has 1 rings (SSSR count). The summed E-state index contributed by atoms with van der Waals surface area (Å²) >= 11 is 0. The molecule has 0 aromatic heterocycles. The van der Waals surface area contributed by atoms with E-state index in [0.29, 0.717) is 0 Å². The van der Waals surface area contributed by atoms with E-state index in [9.17, 15) is 0 Å². The van der Waals surface area contributed by atoms with Crippen molar-refractivity contribution in [3.63, 3.8) is 0 Å². The van der Waals surface area contributed by atoms with Crippen LogP contribution in [-0.2, 0) is 0 Å². The van der Waals surface area contributed by atoms with Gasteiger partial charge in [0.15, 0.2) is 0 Å². The smallest absolute Gasteiger partial charge is 0.132 e. The first kappa shape index (κ1) is 9.12. The summed E-state index contributed by atoms with van der Waals surface area (Å²) in [6.45, 7) is 0. The Morgan fingerprint density at radius 3 is 2.09 bits per heavy atom. The van der Waals surface area contributed by atoms with Crippen molar-refractivity contribution in [3.8, 4) is 0 Å². The topological polar surface area (TPSA) is 26.0 Å². The first-order chi connectivity index (χ1) is 5.43. The van der Waals surface area contributed by atoms with E-state index in [-0.39, 0.29) is 0 Å². The Balaban J connectivity index is 2.15. The lowest BCUT2D eigenvalue weighted by Crippen LogP contribution is -2.16. The molecule has 0 amide bonds. The summed E-state index contributed by atoms with van der Waals surface area (Å²) in [5, 5.41) is 0. The lowest BCUT2D eigenvalue weighted by atomic mass is 9.60. The van der Waals surface area contributed by atoms with Gasteiger partial charge >= 0.3 is 0 Å². The van der Waals surface area contributed by atoms with Gasteiger partial charge in [-0.15, -0.1) is 0 Å². The quantitative estimate of drug-likeness (QED) is 0.602. The summed E-state index contributed by atoms with van der Waals surface area (Å²) in [4.78, 5) is 0. The third-order valence-electron chi connectivity index (χ3n) is 2.62. The Bertz CT molecular complexity index is 87.6. The molecular weight excluding hydrogens is 133 g/mol. The summed E-state index contributed by atoms with van der Waals surface area (Å²) in [5.41, 5.74) is 5.49. The van der Waals surface area contributed by atoms with Crippen LogP contribution in [0.5, 0.6) is 0 Å². The molecule has 2 N–H and O–H groups in total. The largest absolute Gasteiger partial charge is 0.338 e. The zero-order chi connectivity index (χ0) is 7.94. The Morgan fingerprint density at radius 2 is 1.55 bits per heavy atom. The molecule has 1 aliphatic carbocycles. The average molecular weight is 152 g/mol. The van der Waals surface area contributed by atoms with Crippen molar-refractivity contribution < 1.29 is 0 Å². The van der Waals surface area contributed by atoms with E-state index >= 15 is 0 Å². The second kappa shape index (κ2) is 5.65. The zero-order valence-electron chi connectivity index (χ0n) is 7.39. The highest BCUT2D eigenvalue weighted by Crippen LogP contribution is 2.25. The summed E-state index contributed by atoms with van der Waals surface area (Å²) < 4.78 is 0. The molecule has 0 spiro atoms. The highest BCUT2D eigenvalue weighted by atomic mass is 14.5. The molecule has 0 bridgehead atoms. The van der Waals surface area contributed by atoms with Crippen LogP contribution in [0.4, 0.5) is 0 Å². The molecule has 1 fully saturated rings. The highest BCUT2D eigenvalue weighted by molar-refractivity contribution is 6.37. The summed E-state index contributed by atoms with van der Waals surface area (Å²) in [7, 11) is 2.30. The Labute approximate surface area is 71.0 Å². The van der Waals surface area contributed by atoms with Gasteiger partial charge in [0.25, 0.3) is 0 Å². The standard InChI is InChI=1S/C9H19BN/c11-8-10-9-6-4-2-1-3-5-7-9/h9H,1-8,11H2. The van der Waals surface area contributed by atoms with Crippen molar-refractivity contribution in [3.05, 3.63) is 0 Å². The van der Waals surface area contributed by atoms with Crippen LogP contribution in [0.1, 0.15) is 44.9 Å². The van der Waals surface area contributed by atoms with E-state index in [2.05, 4.69) is 7.28 Å². The van der Waals surface area contributed by atoms with Crippen LogP contribution in [-0.4, -0.2) is 13.7 Å². The maximum atomic E-state index is 5.49. The van der Waals surface area contributed by atoms with Crippen LogP contribution in [0.25, 0.3) is 0 Å². The molecule has 0 atom stereocenters. The second-order valence-electron chi connectivity index (χ2n) is 3.58. The normalized spacial score (nSPS) is 22.3. The summed E-state index contributed by atoms with van der Waals surface area (Å²) in [6, 6.07) is 0. The maximum Gasteiger partial charge on any atom is 0.132 e. The molecule has 63 valence electrons. The second-order valence-corrected chi connectivity index (χ2v) is 3.58. The van der Waals surface area contributed by atoms with E-state index in [1.54, 1.807) is 0 Å². The number of hydrogen-bond acceptors (Lipinski definition) is 1. The summed E-state index contributed by atoms with van der Waals surface area (Å²) in [5.74, 6) is 0.834. The van der Waals surface area contributed by atoms with Crippen LogP contribution in [0.15, 0.2) is 0 Å². The van der Waals surface area contributed by atoms with Crippen LogP contribution in [0.3, 0.4) is 0 Å². The van der Waals surface area contributed by atoms with Gasteiger partial charge in [0.2, 0.25) is 0 Å². The first-order valence-corrected chi connectivity index (χ1v) is 4.97. The van der Waals surface area contributed by atoms with E-state index < -0.39 is 0 Å². The lowest BCUT2D eigenvalue weighted by molar-refractivity contribution is 0.501. The van der Waals surface area contributed by atoms with Gasteiger partial charge in [-0.05, 0) is 6.44 Å². The number of rotatable bonds is 2. The zero-order valence-corrected chi connectivity index (χ0v) is 7.39. The summed E-state index contributed by atoms with van der Waals surface area (Å²) in [6.07, 6.45) is 10.7. The molecule has 0 aromatic rings. The van der Waals surface area contributed by atoms with E-state index in [1.807, 2.05) is 0 Å². The van der Waals surface area contributed by atoms with Crippen molar-refractivity contribution in [1.29, 1.82) is 0 Å². The molecule has 1 aliphatic rings. The molecule has 1 nitrogen and oxygen atoms in total. The van der Waals surface area contributed by atoms with Gasteiger partial charge in [-0.25, -0.2) is 0 Å². The molecular formula is C9H19BN. The van der Waals surface area contributed by atoms with E-state index in [1.165, 1.54) is 44.9 Å². The van der Waals surface area contributed by atoms with Crippen LogP contribution in [0.2, 0.25) is 5.82 Å². The van der Waals surface area contributed by atoms with Gasteiger partial charge in [0.1, 0.15) is 7.28 Å². The molecule has 0 aromatic carbocycles. The number of nitrogens with two attached hydrogens (primary N) is 1. The minimum atomic E-state index is 0.769. The SMILES string of the molecule is NC[B]C1CCCCCCC1. The predicted octanol–water partition coefficient (Wildman–Crippen LogP) is 2.14. The van der Waals surface area contributed by atoms with Crippen LogP contribution < -0.4 is 5.73 Å². The van der Waals surface area contributed by atoms with Gasteiger partial charge < -0.3 is 5.73 Å². The van der Waals surface area contributed by atoms with Crippen molar-refractivity contribution >= 4 is 7.28 Å². The minimum Gasteiger partial charge on any atom is -0.338 e. The lowest BCUT2D eigenvalue weighted by Gasteiger charge is -2.17. The Kier molecular flexibility index (Phi) is 4.68. The monoisotopic (exact) mass is 152 g/mol. The van der Waals surface area contributed by atoms with Crippen molar-refractivity contribution in [2.45, 2.75) is 50.8 Å². The van der Waals surface area contributed by atoms with Gasteiger partial charge in [-0.3, -0.25) is 0 Å². The van der Waals surface area contributed by atoms with Crippen molar-refractivity contribution in [1.82, 2.24) is 0 Å². The highest BCUT2D eigenvalue weighted by Gasteiger charge is 2.10. The fraction of sp³-hybridized carbons (Fsp3) is 1.00. The molecule has 0 heterocycles. The van der Waals surface area contributed by atoms with Gasteiger partial charge in [0, 0.05) is 0 Å². The fourth-order valence-corrected chi connectivity index (χ4v) is 1.92. The Hall–Kier alpha value is 0.0249. The number of hydrogen-bond donors (Lipinski definition) is 1. The van der Waals surface area contributed by atoms with E-state index in [4.69, 9.17) is 5.73 Å². The molecule has 1 saturated carbocycles. The predicted molar refractivity (Wildman–Crippen MR) is 50.9 cm³/mol. The molecule has 2 heteroatoms. The first-order valence-electron chi connectivity index (χ1n) is 4.97. The van der Waals surface area contributed by atoms with Crippen molar-refractivity contribution in [2.75, 3.05) is 6.44 Å². The van der Waals surface area contributed by atoms with Gasteiger partial charge in [-0.2, -0.15) is 0 Å². The minimum absolute atomic E-state index is 0.769. The molecule has 11 heavy (non-hydrogen) atoms. The van der Waals surface area contributed by atoms with E-state index in [0.717, 1.165) is 12.3 Å². The fourth-order valence-electron chi connectivity index (χ4n) is 1.92. The van der Waals surface area contributed by atoms with Crippen LogP contribution >= 0.6 is 0 Å². The third kappa shape index (κ3) is 3.81. The molecule has 0 aliphatic heterocycles. The third-order valence-corrected chi connectivity index (χ3v) is 2.62. The molecule has 0 unspecified atom stereocenters. The molecule has 0 saturated heterocycles. The van der Waals surface area contributed by atoms with Gasteiger partial charge in [-0.1, -0.05) is 50.8 Å². The maximum absolute atomic E-state index is 5.49. The van der Waals surface area contributed by atoms with Crippen LogP contribution in [0, 0.1) is 0 Å². The average Bonchev–Trinajstić information content (AvgIpc) is 1.94. The van der Waals surface area contributed by atoms with Crippen molar-refractivity contribution in [2.24, 2.45) is 5.73 Å². The Morgan fingerprint density at radius 1 is 1.00 bits per heavy atom.